The molecule has 1 aliphatic rings. The van der Waals surface area contributed by atoms with E-state index in [4.69, 9.17) is 11.6 Å². The van der Waals surface area contributed by atoms with Crippen molar-refractivity contribution >= 4 is 46.2 Å². The number of pyridine rings is 2. The number of rotatable bonds is 5. The second kappa shape index (κ2) is 7.74. The number of nitrogens with zero attached hydrogens (tertiary/aromatic N) is 3. The Labute approximate surface area is 169 Å². The zero-order valence-corrected chi connectivity index (χ0v) is 17.8. The van der Waals surface area contributed by atoms with Crippen molar-refractivity contribution < 1.29 is 8.42 Å². The standard InChI is InChI=1S/C18H17AsClN4O2S/c20-18-9-14(27(25,26)13-6-3-7-21-11-13)8-16(22-18)19-17-10-15(23-24-17)12-4-1-2-5-12/h3,6-12H,1-2,4-5H2,(H,23,24). The van der Waals surface area contributed by atoms with Crippen molar-refractivity contribution in [1.82, 2.24) is 20.2 Å². The molecule has 139 valence electrons. The van der Waals surface area contributed by atoms with E-state index in [1.807, 2.05) is 0 Å². The summed E-state index contributed by atoms with van der Waals surface area (Å²) in [5, 5.41) is 7.71. The van der Waals surface area contributed by atoms with Crippen molar-refractivity contribution in [1.29, 1.82) is 0 Å². The molecule has 0 amide bonds. The van der Waals surface area contributed by atoms with Gasteiger partial charge >= 0.3 is 170 Å². The number of hydrogen-bond donors (Lipinski definition) is 1. The van der Waals surface area contributed by atoms with Gasteiger partial charge in [0.05, 0.1) is 0 Å². The molecule has 0 unspecified atom stereocenters. The van der Waals surface area contributed by atoms with E-state index in [1.165, 1.54) is 55.9 Å². The Kier molecular flexibility index (Phi) is 5.35. The minimum absolute atomic E-state index is 0.132. The molecule has 1 N–H and O–H groups in total. The number of aromatic nitrogens is 4. The number of aromatic amines is 1. The van der Waals surface area contributed by atoms with E-state index in [-0.39, 0.29) is 14.9 Å². The number of halogens is 1. The molecule has 4 rings (SSSR count). The molecule has 1 saturated carbocycles. The van der Waals surface area contributed by atoms with Gasteiger partial charge in [-0.15, -0.1) is 0 Å². The predicted octanol–water partition coefficient (Wildman–Crippen LogP) is 2.00. The molecular weight excluding hydrogens is 447 g/mol. The summed E-state index contributed by atoms with van der Waals surface area (Å²) in [6, 6.07) is 8.18. The monoisotopic (exact) mass is 463 g/mol. The van der Waals surface area contributed by atoms with E-state index in [0.717, 1.165) is 4.48 Å². The van der Waals surface area contributed by atoms with E-state index >= 15 is 0 Å². The van der Waals surface area contributed by atoms with E-state index in [9.17, 15) is 8.42 Å². The van der Waals surface area contributed by atoms with Crippen LogP contribution >= 0.6 is 11.6 Å². The van der Waals surface area contributed by atoms with Crippen molar-refractivity contribution in [2.75, 3.05) is 0 Å². The van der Waals surface area contributed by atoms with E-state index in [1.54, 1.807) is 12.1 Å². The second-order valence-corrected chi connectivity index (χ2v) is 11.2. The van der Waals surface area contributed by atoms with Crippen molar-refractivity contribution in [2.24, 2.45) is 0 Å². The first-order valence-corrected chi connectivity index (χ1v) is 12.4. The molecule has 1 aliphatic carbocycles. The Morgan fingerprint density at radius 2 is 1.93 bits per heavy atom. The van der Waals surface area contributed by atoms with E-state index in [2.05, 4.69) is 26.2 Å². The zero-order chi connectivity index (χ0) is 18.9. The Bertz CT molecular complexity index is 1050. The average molecular weight is 464 g/mol. The first-order chi connectivity index (χ1) is 13.0. The Morgan fingerprint density at radius 3 is 2.67 bits per heavy atom. The van der Waals surface area contributed by atoms with Crippen LogP contribution in [0.2, 0.25) is 5.15 Å². The average Bonchev–Trinajstić information content (AvgIpc) is 3.33. The maximum atomic E-state index is 12.8. The van der Waals surface area contributed by atoms with E-state index < -0.39 is 25.6 Å². The Balaban J connectivity index is 1.61. The third-order valence-electron chi connectivity index (χ3n) is 4.62. The molecule has 3 heterocycles. The quantitative estimate of drug-likeness (QED) is 0.462. The molecular formula is C18H17AsClN4O2S. The van der Waals surface area contributed by atoms with Gasteiger partial charge < -0.3 is 0 Å². The fourth-order valence-electron chi connectivity index (χ4n) is 3.26. The van der Waals surface area contributed by atoms with Gasteiger partial charge in [0.15, 0.2) is 0 Å². The molecule has 1 radical (unpaired) electrons. The topological polar surface area (TPSA) is 88.6 Å². The van der Waals surface area contributed by atoms with Crippen molar-refractivity contribution in [2.45, 2.75) is 41.4 Å². The van der Waals surface area contributed by atoms with Gasteiger partial charge in [-0.1, -0.05) is 0 Å². The normalized spacial score (nSPS) is 15.7. The fourth-order valence-corrected chi connectivity index (χ4v) is 7.00. The van der Waals surface area contributed by atoms with Crippen LogP contribution in [-0.4, -0.2) is 44.3 Å². The number of nitrogens with one attached hydrogen (secondary N) is 1. The molecule has 3 aromatic rings. The molecule has 3 aromatic heterocycles. The van der Waals surface area contributed by atoms with Crippen LogP contribution in [0.25, 0.3) is 0 Å². The Morgan fingerprint density at radius 1 is 1.11 bits per heavy atom. The zero-order valence-electron chi connectivity index (χ0n) is 14.3. The summed E-state index contributed by atoms with van der Waals surface area (Å²) in [5.41, 5.74) is 1.17. The summed E-state index contributed by atoms with van der Waals surface area (Å²) in [7, 11) is -3.68. The van der Waals surface area contributed by atoms with Crippen LogP contribution in [0.4, 0.5) is 0 Å². The molecule has 0 aromatic carbocycles. The van der Waals surface area contributed by atoms with Crippen molar-refractivity contribution in [3.63, 3.8) is 0 Å². The molecule has 9 heteroatoms. The van der Waals surface area contributed by atoms with Gasteiger partial charge in [0, 0.05) is 0 Å². The summed E-state index contributed by atoms with van der Waals surface area (Å²) in [5.74, 6) is 0.557. The summed E-state index contributed by atoms with van der Waals surface area (Å²) < 4.78 is 27.2. The molecule has 0 spiro atoms. The minimum atomic E-state index is -3.68. The molecule has 1 fully saturated rings. The van der Waals surface area contributed by atoms with Crippen LogP contribution in [0.5, 0.6) is 0 Å². The molecule has 0 saturated heterocycles. The summed E-state index contributed by atoms with van der Waals surface area (Å²) in [6.45, 7) is 0. The van der Waals surface area contributed by atoms with Gasteiger partial charge in [-0.05, 0) is 0 Å². The SMILES string of the molecule is O=S(=O)(c1cccnc1)c1cc(Cl)nc([As]c2cc(C3CCCC3)[nH]n2)c1. The van der Waals surface area contributed by atoms with Gasteiger partial charge in [-0.2, -0.15) is 0 Å². The van der Waals surface area contributed by atoms with Crippen LogP contribution < -0.4 is 8.96 Å². The summed E-state index contributed by atoms with van der Waals surface area (Å²) in [4.78, 5) is 8.48. The second-order valence-electron chi connectivity index (χ2n) is 6.45. The number of hydrogen-bond acceptors (Lipinski definition) is 5. The number of H-pyrrole nitrogens is 1. The van der Waals surface area contributed by atoms with Crippen LogP contribution in [0.1, 0.15) is 37.3 Å². The first-order valence-electron chi connectivity index (χ1n) is 8.62. The van der Waals surface area contributed by atoms with Crippen molar-refractivity contribution in [3.05, 3.63) is 53.6 Å². The van der Waals surface area contributed by atoms with Gasteiger partial charge in [-0.25, -0.2) is 0 Å². The molecule has 0 aliphatic heterocycles. The van der Waals surface area contributed by atoms with Crippen molar-refractivity contribution in [3.8, 4) is 0 Å². The van der Waals surface area contributed by atoms with Gasteiger partial charge in [0.25, 0.3) is 0 Å². The molecule has 27 heavy (non-hydrogen) atoms. The summed E-state index contributed by atoms with van der Waals surface area (Å²) >= 11 is 5.55. The molecule has 0 bridgehead atoms. The first kappa shape index (κ1) is 18.7. The molecule has 0 atom stereocenters. The third-order valence-corrected chi connectivity index (χ3v) is 8.45. The van der Waals surface area contributed by atoms with Crippen LogP contribution in [0.15, 0.2) is 52.5 Å². The third kappa shape index (κ3) is 4.10. The van der Waals surface area contributed by atoms with Gasteiger partial charge in [0.2, 0.25) is 0 Å². The number of sulfone groups is 1. The van der Waals surface area contributed by atoms with Gasteiger partial charge in [-0.3, -0.25) is 0 Å². The van der Waals surface area contributed by atoms with Gasteiger partial charge in [0.1, 0.15) is 0 Å². The van der Waals surface area contributed by atoms with Crippen LogP contribution in [0.3, 0.4) is 0 Å². The van der Waals surface area contributed by atoms with Crippen LogP contribution in [0, 0.1) is 0 Å². The predicted molar refractivity (Wildman–Crippen MR) is 104 cm³/mol. The van der Waals surface area contributed by atoms with E-state index in [0.29, 0.717) is 10.4 Å². The molecule has 6 nitrogen and oxygen atoms in total. The maximum absolute atomic E-state index is 12.8. The summed E-state index contributed by atoms with van der Waals surface area (Å²) in [6.07, 6.45) is 7.78. The van der Waals surface area contributed by atoms with Crippen LogP contribution in [-0.2, 0) is 9.84 Å². The fraction of sp³-hybridized carbons (Fsp3) is 0.278. The Hall–Kier alpha value is -1.69.